The number of benzene rings is 8. The fourth-order valence-corrected chi connectivity index (χ4v) is 11.8. The van der Waals surface area contributed by atoms with Gasteiger partial charge in [0.05, 0.1) is 27.7 Å². The molecule has 0 radical (unpaired) electrons. The quantitative estimate of drug-likeness (QED) is 0.159. The van der Waals surface area contributed by atoms with Gasteiger partial charge in [-0.25, -0.2) is 9.97 Å². The summed E-state index contributed by atoms with van der Waals surface area (Å²) >= 11 is 0. The average Bonchev–Trinajstić information content (AvgIpc) is 3.77. The molecule has 0 saturated carbocycles. The number of hydrogen-bond donors (Lipinski definition) is 0. The van der Waals surface area contributed by atoms with Crippen LogP contribution in [0.3, 0.4) is 0 Å². The SMILES string of the molecule is O=P1(c2ccccc2)c2ccccc2-c2ccc3c4ccccc4n(-c4nc(-c5ccc(-c6ccccc6)cc5)cc(-c5ccc(-c6ccccc6)cc5)n4)c3c21. The van der Waals surface area contributed by atoms with Crippen LogP contribution in [0.2, 0.25) is 0 Å². The number of aromatic nitrogens is 3. The van der Waals surface area contributed by atoms with Gasteiger partial charge >= 0.3 is 0 Å². The summed E-state index contributed by atoms with van der Waals surface area (Å²) in [6.07, 6.45) is 0. The predicted molar refractivity (Wildman–Crippen MR) is 237 cm³/mol. The zero-order valence-corrected chi connectivity index (χ0v) is 31.7. The molecule has 57 heavy (non-hydrogen) atoms. The summed E-state index contributed by atoms with van der Waals surface area (Å²) in [5.41, 5.74) is 12.0. The molecule has 0 fully saturated rings. The van der Waals surface area contributed by atoms with E-state index < -0.39 is 7.14 Å². The van der Waals surface area contributed by atoms with E-state index in [9.17, 15) is 0 Å². The highest BCUT2D eigenvalue weighted by Gasteiger charge is 2.43. The lowest BCUT2D eigenvalue weighted by Gasteiger charge is -2.18. The first kappa shape index (κ1) is 33.2. The summed E-state index contributed by atoms with van der Waals surface area (Å²) in [5, 5.41) is 4.58. The van der Waals surface area contributed by atoms with Gasteiger partial charge in [0.25, 0.3) is 0 Å². The minimum atomic E-state index is -3.34. The Balaban J connectivity index is 1.19. The summed E-state index contributed by atoms with van der Waals surface area (Å²) in [4.78, 5) is 10.8. The maximum Gasteiger partial charge on any atom is 0.235 e. The molecule has 0 amide bonds. The van der Waals surface area contributed by atoms with Crippen LogP contribution >= 0.6 is 7.14 Å². The van der Waals surface area contributed by atoms with Gasteiger partial charge in [-0.1, -0.05) is 194 Å². The Morgan fingerprint density at radius 1 is 0.404 bits per heavy atom. The number of fused-ring (bicyclic) bond motifs is 7. The summed E-state index contributed by atoms with van der Waals surface area (Å²) in [7, 11) is -3.34. The predicted octanol–water partition coefficient (Wildman–Crippen LogP) is 11.9. The first-order chi connectivity index (χ1) is 28.1. The van der Waals surface area contributed by atoms with Crippen molar-refractivity contribution in [2.75, 3.05) is 0 Å². The van der Waals surface area contributed by atoms with E-state index in [4.69, 9.17) is 9.97 Å². The number of para-hydroxylation sites is 1. The van der Waals surface area contributed by atoms with Crippen molar-refractivity contribution < 1.29 is 4.57 Å². The van der Waals surface area contributed by atoms with Crippen molar-refractivity contribution >= 4 is 44.9 Å². The molecule has 3 heterocycles. The summed E-state index contributed by atoms with van der Waals surface area (Å²) in [5.74, 6) is 0.525. The molecule has 11 rings (SSSR count). The standard InChI is InChI=1S/C52H34N3OP/c56-57(41-18-8-3-9-19-41)49-23-13-11-21-43(49)45-33-32-44-42-20-10-12-22-48(42)55(50(44)51(45)57)52-53-46(39-28-24-37(25-29-39)35-14-4-1-5-15-35)34-47(54-52)40-30-26-38(27-31-40)36-16-6-2-7-17-36/h1-34H. The van der Waals surface area contributed by atoms with Crippen molar-refractivity contribution in [3.63, 3.8) is 0 Å². The second kappa shape index (κ2) is 13.3. The fraction of sp³-hybridized carbons (Fsp3) is 0. The Labute approximate surface area is 330 Å². The molecule has 2 aromatic heterocycles. The lowest BCUT2D eigenvalue weighted by molar-refractivity contribution is 0.593. The van der Waals surface area contributed by atoms with E-state index >= 15 is 4.57 Å². The third-order valence-electron chi connectivity index (χ3n) is 11.3. The Hall–Kier alpha value is -7.13. The van der Waals surface area contributed by atoms with E-state index in [1.54, 1.807) is 0 Å². The molecular weight excluding hydrogens is 714 g/mol. The van der Waals surface area contributed by atoms with E-state index in [1.165, 1.54) is 0 Å². The first-order valence-electron chi connectivity index (χ1n) is 19.2. The van der Waals surface area contributed by atoms with Crippen LogP contribution in [0, 0.1) is 0 Å². The average molecular weight is 748 g/mol. The van der Waals surface area contributed by atoms with Crippen molar-refractivity contribution in [2.45, 2.75) is 0 Å². The van der Waals surface area contributed by atoms with Gasteiger partial charge in [-0.15, -0.1) is 0 Å². The van der Waals surface area contributed by atoms with Crippen molar-refractivity contribution in [3.8, 4) is 61.8 Å². The number of hydrogen-bond acceptors (Lipinski definition) is 3. The zero-order chi connectivity index (χ0) is 37.9. The van der Waals surface area contributed by atoms with Gasteiger partial charge < -0.3 is 4.57 Å². The molecule has 1 atom stereocenters. The van der Waals surface area contributed by atoms with E-state index in [0.29, 0.717) is 5.95 Å². The topological polar surface area (TPSA) is 47.8 Å². The normalized spacial score (nSPS) is 14.5. The van der Waals surface area contributed by atoms with Crippen LogP contribution in [0.1, 0.15) is 0 Å². The smallest absolute Gasteiger partial charge is 0.235 e. The second-order valence-corrected chi connectivity index (χ2v) is 17.2. The van der Waals surface area contributed by atoms with Crippen LogP contribution < -0.4 is 15.9 Å². The Kier molecular flexibility index (Phi) is 7.73. The number of rotatable bonds is 6. The van der Waals surface area contributed by atoms with E-state index in [0.717, 1.165) is 93.6 Å². The van der Waals surface area contributed by atoms with Crippen LogP contribution in [0.4, 0.5) is 0 Å². The maximum absolute atomic E-state index is 16.2. The molecule has 1 aliphatic heterocycles. The molecule has 0 spiro atoms. The van der Waals surface area contributed by atoms with Gasteiger partial charge in [0, 0.05) is 32.5 Å². The van der Waals surface area contributed by atoms with Crippen LogP contribution in [0.25, 0.3) is 83.6 Å². The highest BCUT2D eigenvalue weighted by molar-refractivity contribution is 7.86. The number of nitrogens with zero attached hydrogens (tertiary/aromatic N) is 3. The molecular formula is C52H34N3OP. The monoisotopic (exact) mass is 747 g/mol. The molecule has 4 nitrogen and oxygen atoms in total. The summed E-state index contributed by atoms with van der Waals surface area (Å²) in [6.45, 7) is 0. The van der Waals surface area contributed by atoms with E-state index in [1.807, 2.05) is 60.7 Å². The van der Waals surface area contributed by atoms with Crippen LogP contribution in [0.15, 0.2) is 206 Å². The zero-order valence-electron chi connectivity index (χ0n) is 30.8. The van der Waals surface area contributed by atoms with Crippen molar-refractivity contribution in [3.05, 3.63) is 206 Å². The lowest BCUT2D eigenvalue weighted by Crippen LogP contribution is -2.22. The van der Waals surface area contributed by atoms with Crippen LogP contribution in [-0.2, 0) is 4.57 Å². The molecule has 0 aliphatic carbocycles. The molecule has 0 bridgehead atoms. The summed E-state index contributed by atoms with van der Waals surface area (Å²) < 4.78 is 18.3. The Bertz CT molecular complexity index is 3070. The first-order valence-corrected chi connectivity index (χ1v) is 20.9. The summed E-state index contributed by atoms with van der Waals surface area (Å²) in [6, 6.07) is 70.9. The van der Waals surface area contributed by atoms with E-state index in [2.05, 4.69) is 150 Å². The molecule has 0 N–H and O–H groups in total. The highest BCUT2D eigenvalue weighted by Crippen LogP contribution is 2.54. The third kappa shape index (κ3) is 5.33. The van der Waals surface area contributed by atoms with Crippen LogP contribution in [0.5, 0.6) is 0 Å². The lowest BCUT2D eigenvalue weighted by atomic mass is 10.0. The molecule has 1 unspecified atom stereocenters. The van der Waals surface area contributed by atoms with Gasteiger partial charge in [-0.3, -0.25) is 4.57 Å². The van der Waals surface area contributed by atoms with Crippen molar-refractivity contribution in [1.82, 2.24) is 14.5 Å². The molecule has 5 heteroatoms. The van der Waals surface area contributed by atoms with Gasteiger partial charge in [-0.05, 0) is 45.5 Å². The largest absolute Gasteiger partial charge is 0.309 e. The van der Waals surface area contributed by atoms with Gasteiger partial charge in [0.2, 0.25) is 5.95 Å². The highest BCUT2D eigenvalue weighted by atomic mass is 31.2. The van der Waals surface area contributed by atoms with E-state index in [-0.39, 0.29) is 0 Å². The van der Waals surface area contributed by atoms with Gasteiger partial charge in [0.1, 0.15) is 0 Å². The molecule has 0 saturated heterocycles. The van der Waals surface area contributed by atoms with Crippen molar-refractivity contribution in [2.24, 2.45) is 0 Å². The minimum absolute atomic E-state index is 0.525. The Morgan fingerprint density at radius 2 is 0.895 bits per heavy atom. The Morgan fingerprint density at radius 3 is 1.51 bits per heavy atom. The maximum atomic E-state index is 16.2. The van der Waals surface area contributed by atoms with Gasteiger partial charge in [0.15, 0.2) is 7.14 Å². The van der Waals surface area contributed by atoms with Gasteiger partial charge in [-0.2, -0.15) is 0 Å². The molecule has 10 aromatic rings. The third-order valence-corrected chi connectivity index (χ3v) is 14.4. The van der Waals surface area contributed by atoms with Crippen LogP contribution in [-0.4, -0.2) is 14.5 Å². The second-order valence-electron chi connectivity index (χ2n) is 14.5. The minimum Gasteiger partial charge on any atom is -0.309 e. The van der Waals surface area contributed by atoms with Crippen molar-refractivity contribution in [1.29, 1.82) is 0 Å². The molecule has 8 aromatic carbocycles. The molecule has 268 valence electrons. The fourth-order valence-electron chi connectivity index (χ4n) is 8.54. The molecule has 1 aliphatic rings.